The second kappa shape index (κ2) is 6.33. The summed E-state index contributed by atoms with van der Waals surface area (Å²) in [4.78, 5) is 0.641. The topological polar surface area (TPSA) is 0 Å². The maximum absolute atomic E-state index is 13.2. The molecule has 17 heavy (non-hydrogen) atoms. The molecule has 0 N–H and O–H groups in total. The van der Waals surface area contributed by atoms with Crippen molar-refractivity contribution in [3.63, 3.8) is 0 Å². The summed E-state index contributed by atoms with van der Waals surface area (Å²) in [6.45, 7) is 0. The second-order valence-corrected chi connectivity index (χ2v) is 7.07. The first-order valence-electron chi connectivity index (χ1n) is 6.23. The van der Waals surface area contributed by atoms with Gasteiger partial charge in [0.05, 0.1) is 0 Å². The number of hydrogen-bond acceptors (Lipinski definition) is 0. The maximum Gasteiger partial charge on any atom is 0.123 e. The molecule has 3 heteroatoms. The lowest BCUT2D eigenvalue weighted by atomic mass is 9.92. The Morgan fingerprint density at radius 3 is 2.82 bits per heavy atom. The van der Waals surface area contributed by atoms with Gasteiger partial charge in [0.1, 0.15) is 5.82 Å². The highest BCUT2D eigenvalue weighted by atomic mass is 79.9. The van der Waals surface area contributed by atoms with E-state index in [9.17, 15) is 4.39 Å². The molecule has 0 radical (unpaired) electrons. The first-order chi connectivity index (χ1) is 8.15. The summed E-state index contributed by atoms with van der Waals surface area (Å²) in [5, 5.41) is 0. The highest BCUT2D eigenvalue weighted by molar-refractivity contribution is 9.10. The van der Waals surface area contributed by atoms with Crippen molar-refractivity contribution >= 4 is 31.9 Å². The Morgan fingerprint density at radius 1 is 1.24 bits per heavy atom. The summed E-state index contributed by atoms with van der Waals surface area (Å²) in [5.74, 6) is 0.548. The highest BCUT2D eigenvalue weighted by Gasteiger charge is 2.19. The lowest BCUT2D eigenvalue weighted by Crippen LogP contribution is -2.09. The summed E-state index contributed by atoms with van der Waals surface area (Å²) in [7, 11) is 0. The molecule has 1 aliphatic carbocycles. The van der Waals surface area contributed by atoms with E-state index in [1.807, 2.05) is 6.07 Å². The molecule has 0 heterocycles. The van der Waals surface area contributed by atoms with Crippen LogP contribution in [0.1, 0.15) is 37.7 Å². The van der Waals surface area contributed by atoms with Crippen LogP contribution in [0.5, 0.6) is 0 Å². The van der Waals surface area contributed by atoms with Crippen molar-refractivity contribution < 1.29 is 4.39 Å². The third-order valence-electron chi connectivity index (χ3n) is 3.49. The fraction of sp³-hybridized carbons (Fsp3) is 0.571. The van der Waals surface area contributed by atoms with Gasteiger partial charge in [0.25, 0.3) is 0 Å². The van der Waals surface area contributed by atoms with Gasteiger partial charge in [-0.1, -0.05) is 51.1 Å². The van der Waals surface area contributed by atoms with Crippen molar-refractivity contribution in [3.05, 3.63) is 34.1 Å². The van der Waals surface area contributed by atoms with Gasteiger partial charge in [0.15, 0.2) is 0 Å². The van der Waals surface area contributed by atoms with Gasteiger partial charge in [-0.05, 0) is 48.9 Å². The molecule has 0 aromatic heterocycles. The van der Waals surface area contributed by atoms with Crippen LogP contribution in [0.25, 0.3) is 0 Å². The van der Waals surface area contributed by atoms with Gasteiger partial charge in [0, 0.05) is 9.30 Å². The van der Waals surface area contributed by atoms with Gasteiger partial charge in [0.2, 0.25) is 0 Å². The SMILES string of the molecule is Fc1ccc(Br)c(CC2CCCCC(Br)C2)c1. The van der Waals surface area contributed by atoms with Gasteiger partial charge in [-0.2, -0.15) is 0 Å². The molecule has 94 valence electrons. The van der Waals surface area contributed by atoms with Crippen molar-refractivity contribution in [2.24, 2.45) is 5.92 Å². The number of halogens is 3. The largest absolute Gasteiger partial charge is 0.207 e. The summed E-state index contributed by atoms with van der Waals surface area (Å²) < 4.78 is 14.3. The molecular formula is C14H17Br2F. The van der Waals surface area contributed by atoms with Crippen molar-refractivity contribution in [1.82, 2.24) is 0 Å². The molecule has 0 bridgehead atoms. The Morgan fingerprint density at radius 2 is 2.00 bits per heavy atom. The zero-order valence-electron chi connectivity index (χ0n) is 9.76. The lowest BCUT2D eigenvalue weighted by molar-refractivity contribution is 0.461. The smallest absolute Gasteiger partial charge is 0.123 e. The van der Waals surface area contributed by atoms with Gasteiger partial charge in [-0.25, -0.2) is 4.39 Å². The first-order valence-corrected chi connectivity index (χ1v) is 7.94. The summed E-state index contributed by atoms with van der Waals surface area (Å²) in [6, 6.07) is 4.99. The van der Waals surface area contributed by atoms with E-state index in [0.717, 1.165) is 16.5 Å². The lowest BCUT2D eigenvalue weighted by Gasteiger charge is -2.17. The molecule has 1 aromatic rings. The van der Waals surface area contributed by atoms with Crippen LogP contribution in [0.4, 0.5) is 4.39 Å². The molecule has 1 aliphatic rings. The zero-order chi connectivity index (χ0) is 12.3. The fourth-order valence-corrected chi connectivity index (χ4v) is 3.85. The molecule has 2 rings (SSSR count). The van der Waals surface area contributed by atoms with Crippen LogP contribution in [0.2, 0.25) is 0 Å². The monoisotopic (exact) mass is 362 g/mol. The van der Waals surface area contributed by atoms with Gasteiger partial charge in [-0.3, -0.25) is 0 Å². The Labute approximate surface area is 119 Å². The molecule has 1 saturated carbocycles. The quantitative estimate of drug-likeness (QED) is 0.482. The molecule has 0 spiro atoms. The molecule has 1 fully saturated rings. The summed E-state index contributed by atoms with van der Waals surface area (Å²) in [5.41, 5.74) is 1.11. The van der Waals surface area contributed by atoms with Crippen molar-refractivity contribution in [2.45, 2.75) is 43.4 Å². The Kier molecular flexibility index (Phi) is 5.04. The highest BCUT2D eigenvalue weighted by Crippen LogP contribution is 2.31. The van der Waals surface area contributed by atoms with E-state index in [1.165, 1.54) is 38.2 Å². The Hall–Kier alpha value is 0.110. The number of alkyl halides is 1. The summed E-state index contributed by atoms with van der Waals surface area (Å²) >= 11 is 7.25. The molecule has 1 aromatic carbocycles. The van der Waals surface area contributed by atoms with E-state index in [2.05, 4.69) is 31.9 Å². The molecule has 2 unspecified atom stereocenters. The summed E-state index contributed by atoms with van der Waals surface area (Å²) in [6.07, 6.45) is 7.37. The maximum atomic E-state index is 13.2. The molecule has 0 nitrogen and oxygen atoms in total. The fourth-order valence-electron chi connectivity index (χ4n) is 2.59. The van der Waals surface area contributed by atoms with Crippen LogP contribution in [0.15, 0.2) is 22.7 Å². The zero-order valence-corrected chi connectivity index (χ0v) is 12.9. The molecule has 0 saturated heterocycles. The van der Waals surface area contributed by atoms with Crippen LogP contribution in [-0.2, 0) is 6.42 Å². The van der Waals surface area contributed by atoms with Crippen LogP contribution >= 0.6 is 31.9 Å². The van der Waals surface area contributed by atoms with Crippen molar-refractivity contribution in [2.75, 3.05) is 0 Å². The minimum absolute atomic E-state index is 0.132. The number of benzene rings is 1. The van der Waals surface area contributed by atoms with Gasteiger partial charge >= 0.3 is 0 Å². The molecular weight excluding hydrogens is 347 g/mol. The van der Waals surface area contributed by atoms with E-state index >= 15 is 0 Å². The third kappa shape index (κ3) is 4.06. The van der Waals surface area contributed by atoms with Crippen LogP contribution in [-0.4, -0.2) is 4.83 Å². The third-order valence-corrected chi connectivity index (χ3v) is 5.09. The minimum atomic E-state index is -0.132. The van der Waals surface area contributed by atoms with Gasteiger partial charge in [-0.15, -0.1) is 0 Å². The average molecular weight is 364 g/mol. The predicted molar refractivity (Wildman–Crippen MR) is 77.1 cm³/mol. The van der Waals surface area contributed by atoms with E-state index in [-0.39, 0.29) is 5.82 Å². The second-order valence-electron chi connectivity index (χ2n) is 4.92. The number of hydrogen-bond donors (Lipinski definition) is 0. The minimum Gasteiger partial charge on any atom is -0.207 e. The Balaban J connectivity index is 2.06. The predicted octanol–water partition coefficient (Wildman–Crippen LogP) is 5.47. The van der Waals surface area contributed by atoms with E-state index in [0.29, 0.717) is 10.7 Å². The van der Waals surface area contributed by atoms with Crippen molar-refractivity contribution in [3.8, 4) is 0 Å². The Bertz CT molecular complexity index is 378. The normalized spacial score (nSPS) is 25.6. The van der Waals surface area contributed by atoms with Crippen LogP contribution < -0.4 is 0 Å². The molecule has 0 aliphatic heterocycles. The van der Waals surface area contributed by atoms with Crippen molar-refractivity contribution in [1.29, 1.82) is 0 Å². The number of rotatable bonds is 2. The van der Waals surface area contributed by atoms with E-state index < -0.39 is 0 Å². The molecule has 0 amide bonds. The van der Waals surface area contributed by atoms with Gasteiger partial charge < -0.3 is 0 Å². The first kappa shape index (κ1) is 13.5. The molecule has 2 atom stereocenters. The van der Waals surface area contributed by atoms with Crippen LogP contribution in [0.3, 0.4) is 0 Å². The van der Waals surface area contributed by atoms with E-state index in [4.69, 9.17) is 0 Å². The average Bonchev–Trinajstić information content (AvgIpc) is 2.48. The van der Waals surface area contributed by atoms with Crippen LogP contribution in [0, 0.1) is 11.7 Å². The standard InChI is InChI=1S/C14H17Br2F/c15-12-4-2-1-3-10(8-12)7-11-9-13(17)5-6-14(11)16/h5-6,9-10,12H,1-4,7-8H2. The van der Waals surface area contributed by atoms with E-state index in [1.54, 1.807) is 6.07 Å².